The van der Waals surface area contributed by atoms with Gasteiger partial charge in [0.2, 0.25) is 0 Å². The third-order valence-electron chi connectivity index (χ3n) is 3.27. The van der Waals surface area contributed by atoms with Crippen LogP contribution in [0.2, 0.25) is 0 Å². The van der Waals surface area contributed by atoms with Gasteiger partial charge in [-0.1, -0.05) is 39.8 Å². The molecule has 1 aromatic rings. The minimum absolute atomic E-state index is 0.136. The predicted molar refractivity (Wildman–Crippen MR) is 71.6 cm³/mol. The largest absolute Gasteiger partial charge is 0.314 e. The van der Waals surface area contributed by atoms with Crippen molar-refractivity contribution in [3.05, 3.63) is 35.6 Å². The van der Waals surface area contributed by atoms with Crippen molar-refractivity contribution >= 4 is 0 Å². The second-order valence-electron chi connectivity index (χ2n) is 5.35. The van der Waals surface area contributed by atoms with E-state index < -0.39 is 0 Å². The molecule has 96 valence electrons. The maximum atomic E-state index is 13.1. The van der Waals surface area contributed by atoms with Crippen molar-refractivity contribution in [1.29, 1.82) is 0 Å². The molecule has 0 saturated heterocycles. The van der Waals surface area contributed by atoms with Crippen LogP contribution < -0.4 is 5.32 Å². The first kappa shape index (κ1) is 14.2. The molecule has 1 rings (SSSR count). The third-order valence-corrected chi connectivity index (χ3v) is 3.27. The van der Waals surface area contributed by atoms with Gasteiger partial charge in [0.05, 0.1) is 0 Å². The number of hydrogen-bond donors (Lipinski definition) is 1. The van der Waals surface area contributed by atoms with E-state index in [0.717, 1.165) is 18.5 Å². The highest BCUT2D eigenvalue weighted by molar-refractivity contribution is 5.16. The van der Waals surface area contributed by atoms with Gasteiger partial charge in [0.1, 0.15) is 5.82 Å². The molecule has 0 aliphatic carbocycles. The zero-order valence-corrected chi connectivity index (χ0v) is 11.3. The van der Waals surface area contributed by atoms with Gasteiger partial charge in [0, 0.05) is 6.04 Å². The Balaban J connectivity index is 2.45. The highest BCUT2D eigenvalue weighted by Crippen LogP contribution is 2.17. The molecule has 0 spiro atoms. The zero-order chi connectivity index (χ0) is 12.8. The molecule has 0 amide bonds. The van der Waals surface area contributed by atoms with E-state index in [2.05, 4.69) is 33.0 Å². The molecule has 0 heterocycles. The third kappa shape index (κ3) is 5.31. The number of rotatable bonds is 6. The second kappa shape index (κ2) is 6.75. The van der Waals surface area contributed by atoms with Gasteiger partial charge in [0.25, 0.3) is 0 Å². The summed E-state index contributed by atoms with van der Waals surface area (Å²) in [5, 5.41) is 3.45. The van der Waals surface area contributed by atoms with E-state index in [1.807, 2.05) is 6.07 Å². The molecule has 1 N–H and O–H groups in total. The Bertz CT molecular complexity index is 335. The van der Waals surface area contributed by atoms with E-state index in [1.165, 1.54) is 6.07 Å². The Labute approximate surface area is 104 Å². The lowest BCUT2D eigenvalue weighted by Gasteiger charge is -2.21. The highest BCUT2D eigenvalue weighted by atomic mass is 19.1. The fraction of sp³-hybridized carbons (Fsp3) is 0.600. The summed E-state index contributed by atoms with van der Waals surface area (Å²) in [7, 11) is 0. The molecule has 0 radical (unpaired) electrons. The minimum Gasteiger partial charge on any atom is -0.314 e. The first-order valence-electron chi connectivity index (χ1n) is 6.47. The second-order valence-corrected chi connectivity index (χ2v) is 5.35. The Morgan fingerprint density at radius 3 is 2.41 bits per heavy atom. The van der Waals surface area contributed by atoms with Gasteiger partial charge in [-0.05, 0) is 42.5 Å². The molecule has 17 heavy (non-hydrogen) atoms. The van der Waals surface area contributed by atoms with E-state index in [1.54, 1.807) is 12.1 Å². The van der Waals surface area contributed by atoms with Crippen LogP contribution in [-0.4, -0.2) is 12.6 Å². The average Bonchev–Trinajstić information content (AvgIpc) is 2.25. The first-order valence-corrected chi connectivity index (χ1v) is 6.47. The number of benzene rings is 1. The molecule has 0 bridgehead atoms. The van der Waals surface area contributed by atoms with Crippen LogP contribution in [0.3, 0.4) is 0 Å². The van der Waals surface area contributed by atoms with Crippen molar-refractivity contribution in [3.8, 4) is 0 Å². The monoisotopic (exact) mass is 237 g/mol. The summed E-state index contributed by atoms with van der Waals surface area (Å²) in [6.07, 6.45) is 0.943. The maximum absolute atomic E-state index is 13.1. The van der Waals surface area contributed by atoms with Crippen molar-refractivity contribution in [3.63, 3.8) is 0 Å². The summed E-state index contributed by atoms with van der Waals surface area (Å²) in [6, 6.07) is 7.45. The Kier molecular flexibility index (Phi) is 5.63. The molecule has 0 aromatic heterocycles. The van der Waals surface area contributed by atoms with E-state index in [-0.39, 0.29) is 5.82 Å². The summed E-state index contributed by atoms with van der Waals surface area (Å²) >= 11 is 0. The zero-order valence-electron chi connectivity index (χ0n) is 11.3. The molecule has 2 heteroatoms. The summed E-state index contributed by atoms with van der Waals surface area (Å²) in [5.74, 6) is 1.02. The normalized spacial score (nSPS) is 14.9. The molecule has 2 unspecified atom stereocenters. The van der Waals surface area contributed by atoms with Gasteiger partial charge in [-0.3, -0.25) is 0 Å². The van der Waals surface area contributed by atoms with E-state index in [0.29, 0.717) is 17.9 Å². The fourth-order valence-corrected chi connectivity index (χ4v) is 1.86. The number of nitrogens with one attached hydrogen (secondary N) is 1. The smallest absolute Gasteiger partial charge is 0.123 e. The average molecular weight is 237 g/mol. The molecule has 1 nitrogen and oxygen atoms in total. The first-order chi connectivity index (χ1) is 7.99. The Hall–Kier alpha value is -0.890. The molecule has 0 aliphatic rings. The van der Waals surface area contributed by atoms with Crippen molar-refractivity contribution in [1.82, 2.24) is 5.32 Å². The van der Waals surface area contributed by atoms with Gasteiger partial charge in [-0.25, -0.2) is 4.39 Å². The lowest BCUT2D eigenvalue weighted by atomic mass is 9.89. The molecular formula is C15H24FN. The van der Waals surface area contributed by atoms with Gasteiger partial charge in [-0.15, -0.1) is 0 Å². The lowest BCUT2D eigenvalue weighted by Crippen LogP contribution is -2.31. The summed E-state index contributed by atoms with van der Waals surface area (Å²) in [6.45, 7) is 9.82. The molecule has 0 saturated carbocycles. The number of halogens is 1. The van der Waals surface area contributed by atoms with Crippen LogP contribution in [0.25, 0.3) is 0 Å². The Morgan fingerprint density at radius 2 is 1.82 bits per heavy atom. The minimum atomic E-state index is -0.136. The van der Waals surface area contributed by atoms with Crippen molar-refractivity contribution in [2.24, 2.45) is 11.8 Å². The molecule has 1 aromatic carbocycles. The summed E-state index contributed by atoms with van der Waals surface area (Å²) in [4.78, 5) is 0. The molecular weight excluding hydrogens is 213 g/mol. The van der Waals surface area contributed by atoms with E-state index in [4.69, 9.17) is 0 Å². The van der Waals surface area contributed by atoms with Gasteiger partial charge >= 0.3 is 0 Å². The SMILES string of the molecule is CC(C)NCC(C)C(C)Cc1cccc(F)c1. The van der Waals surface area contributed by atoms with Gasteiger partial charge < -0.3 is 5.32 Å². The fourth-order valence-electron chi connectivity index (χ4n) is 1.86. The van der Waals surface area contributed by atoms with Gasteiger partial charge in [-0.2, -0.15) is 0 Å². The summed E-state index contributed by atoms with van der Waals surface area (Å²) in [5.41, 5.74) is 1.09. The predicted octanol–water partition coefficient (Wildman–Crippen LogP) is 3.64. The van der Waals surface area contributed by atoms with Gasteiger partial charge in [0.15, 0.2) is 0 Å². The van der Waals surface area contributed by atoms with Crippen LogP contribution in [-0.2, 0) is 6.42 Å². The van der Waals surface area contributed by atoms with Crippen LogP contribution in [0.4, 0.5) is 4.39 Å². The standard InChI is InChI=1S/C15H24FN/c1-11(2)17-10-13(4)12(3)8-14-6-5-7-15(16)9-14/h5-7,9,11-13,17H,8,10H2,1-4H3. The van der Waals surface area contributed by atoms with Crippen molar-refractivity contribution in [2.45, 2.75) is 40.2 Å². The van der Waals surface area contributed by atoms with Crippen LogP contribution in [0, 0.1) is 17.7 Å². The van der Waals surface area contributed by atoms with Crippen molar-refractivity contribution in [2.75, 3.05) is 6.54 Å². The van der Waals surface area contributed by atoms with E-state index >= 15 is 0 Å². The van der Waals surface area contributed by atoms with Crippen LogP contribution >= 0.6 is 0 Å². The maximum Gasteiger partial charge on any atom is 0.123 e. The quantitative estimate of drug-likeness (QED) is 0.796. The summed E-state index contributed by atoms with van der Waals surface area (Å²) < 4.78 is 13.1. The lowest BCUT2D eigenvalue weighted by molar-refractivity contribution is 0.354. The van der Waals surface area contributed by atoms with E-state index in [9.17, 15) is 4.39 Å². The number of hydrogen-bond acceptors (Lipinski definition) is 1. The van der Waals surface area contributed by atoms with Crippen LogP contribution in [0.5, 0.6) is 0 Å². The topological polar surface area (TPSA) is 12.0 Å². The Morgan fingerprint density at radius 1 is 1.12 bits per heavy atom. The highest BCUT2D eigenvalue weighted by Gasteiger charge is 2.13. The molecule has 0 fully saturated rings. The van der Waals surface area contributed by atoms with Crippen LogP contribution in [0.1, 0.15) is 33.3 Å². The van der Waals surface area contributed by atoms with Crippen LogP contribution in [0.15, 0.2) is 24.3 Å². The molecule has 0 aliphatic heterocycles. The molecule has 2 atom stereocenters. The van der Waals surface area contributed by atoms with Crippen molar-refractivity contribution < 1.29 is 4.39 Å².